The number of rotatable bonds is 2. The maximum atomic E-state index is 5.97. The highest BCUT2D eigenvalue weighted by molar-refractivity contribution is 14.1. The lowest BCUT2D eigenvalue weighted by atomic mass is 10.1. The van der Waals surface area contributed by atoms with Crippen LogP contribution >= 0.6 is 22.6 Å². The van der Waals surface area contributed by atoms with E-state index in [-0.39, 0.29) is 0 Å². The first-order valence-corrected chi connectivity index (χ1v) is 6.97. The number of halogens is 1. The van der Waals surface area contributed by atoms with Crippen molar-refractivity contribution in [1.29, 1.82) is 0 Å². The minimum Gasteiger partial charge on any atom is -0.398 e. The van der Waals surface area contributed by atoms with Gasteiger partial charge in [-0.15, -0.1) is 0 Å². The van der Waals surface area contributed by atoms with Crippen molar-refractivity contribution < 1.29 is 0 Å². The molecule has 1 heterocycles. The molecule has 0 aliphatic carbocycles. The molecule has 0 atom stereocenters. The van der Waals surface area contributed by atoms with Gasteiger partial charge in [0.05, 0.1) is 0 Å². The summed E-state index contributed by atoms with van der Waals surface area (Å²) in [5, 5.41) is 5.46. The van der Waals surface area contributed by atoms with Gasteiger partial charge in [0, 0.05) is 43.8 Å². The summed E-state index contributed by atoms with van der Waals surface area (Å²) in [6.07, 6.45) is 3.57. The molecule has 4 heteroatoms. The van der Waals surface area contributed by atoms with Gasteiger partial charge in [-0.05, 0) is 65.1 Å². The molecule has 0 bridgehead atoms. The van der Waals surface area contributed by atoms with Crippen molar-refractivity contribution >= 4 is 50.4 Å². The number of pyridine rings is 1. The second-order valence-electron chi connectivity index (χ2n) is 4.26. The molecule has 0 spiro atoms. The Morgan fingerprint density at radius 1 is 0.947 bits per heavy atom. The highest BCUT2D eigenvalue weighted by Crippen LogP contribution is 2.29. The molecular weight excluding hydrogens is 349 g/mol. The Labute approximate surface area is 125 Å². The molecule has 3 N–H and O–H groups in total. The van der Waals surface area contributed by atoms with Crippen molar-refractivity contribution in [1.82, 2.24) is 4.98 Å². The van der Waals surface area contributed by atoms with Gasteiger partial charge < -0.3 is 11.1 Å². The molecule has 3 rings (SSSR count). The standard InChI is InChI=1S/C15H12IN3/c16-10-1-3-11(4-2-10)19-15-6-5-14(17)13-9-18-8-7-12(13)15/h1-9,19H,17H2. The van der Waals surface area contributed by atoms with Crippen LogP contribution in [-0.2, 0) is 0 Å². The molecule has 0 amide bonds. The smallest absolute Gasteiger partial charge is 0.0466 e. The maximum absolute atomic E-state index is 5.97. The molecule has 2 aromatic carbocycles. The predicted molar refractivity (Wildman–Crippen MR) is 88.6 cm³/mol. The minimum atomic E-state index is 0.747. The summed E-state index contributed by atoms with van der Waals surface area (Å²) in [6, 6.07) is 14.1. The minimum absolute atomic E-state index is 0.747. The molecule has 0 radical (unpaired) electrons. The number of fused-ring (bicyclic) bond motifs is 1. The van der Waals surface area contributed by atoms with E-state index in [2.05, 4.69) is 57.2 Å². The molecule has 1 aromatic heterocycles. The van der Waals surface area contributed by atoms with E-state index in [1.807, 2.05) is 18.2 Å². The monoisotopic (exact) mass is 361 g/mol. The molecular formula is C15H12IN3. The SMILES string of the molecule is Nc1ccc(Nc2ccc(I)cc2)c2ccncc12. The fourth-order valence-electron chi connectivity index (χ4n) is 2.01. The van der Waals surface area contributed by atoms with Crippen molar-refractivity contribution in [3.05, 3.63) is 58.4 Å². The number of hydrogen-bond donors (Lipinski definition) is 2. The molecule has 0 fully saturated rings. The number of aromatic nitrogens is 1. The van der Waals surface area contributed by atoms with Crippen LogP contribution in [-0.4, -0.2) is 4.98 Å². The van der Waals surface area contributed by atoms with Crippen LogP contribution in [0.1, 0.15) is 0 Å². The van der Waals surface area contributed by atoms with Crippen LogP contribution in [0.2, 0.25) is 0 Å². The number of anilines is 3. The van der Waals surface area contributed by atoms with Crippen LogP contribution in [0.25, 0.3) is 10.8 Å². The van der Waals surface area contributed by atoms with Crippen LogP contribution in [0.3, 0.4) is 0 Å². The molecule has 3 aromatic rings. The summed E-state index contributed by atoms with van der Waals surface area (Å²) in [6.45, 7) is 0. The second kappa shape index (κ2) is 5.05. The van der Waals surface area contributed by atoms with Crippen molar-refractivity contribution in [3.8, 4) is 0 Å². The van der Waals surface area contributed by atoms with Gasteiger partial charge in [-0.25, -0.2) is 0 Å². The summed E-state index contributed by atoms with van der Waals surface area (Å²) in [5.41, 5.74) is 8.81. The summed E-state index contributed by atoms with van der Waals surface area (Å²) >= 11 is 2.29. The van der Waals surface area contributed by atoms with E-state index in [0.717, 1.165) is 27.8 Å². The maximum Gasteiger partial charge on any atom is 0.0466 e. The van der Waals surface area contributed by atoms with Gasteiger partial charge in [0.15, 0.2) is 0 Å². The Balaban J connectivity index is 2.06. The molecule has 0 aliphatic heterocycles. The Hall–Kier alpha value is -1.82. The molecule has 0 saturated heterocycles. The highest BCUT2D eigenvalue weighted by Gasteiger charge is 2.04. The van der Waals surface area contributed by atoms with Gasteiger partial charge in [-0.3, -0.25) is 4.98 Å². The van der Waals surface area contributed by atoms with Crippen molar-refractivity contribution in [2.24, 2.45) is 0 Å². The van der Waals surface area contributed by atoms with Gasteiger partial charge in [0.25, 0.3) is 0 Å². The van der Waals surface area contributed by atoms with E-state index in [9.17, 15) is 0 Å². The van der Waals surface area contributed by atoms with Crippen molar-refractivity contribution in [2.75, 3.05) is 11.1 Å². The topological polar surface area (TPSA) is 50.9 Å². The van der Waals surface area contributed by atoms with Gasteiger partial charge in [0.1, 0.15) is 0 Å². The van der Waals surface area contributed by atoms with Gasteiger partial charge in [0.2, 0.25) is 0 Å². The number of nitrogens with two attached hydrogens (primary N) is 1. The fraction of sp³-hybridized carbons (Fsp3) is 0. The van der Waals surface area contributed by atoms with Crippen LogP contribution in [0, 0.1) is 3.57 Å². The first-order valence-electron chi connectivity index (χ1n) is 5.89. The lowest BCUT2D eigenvalue weighted by Gasteiger charge is -2.11. The van der Waals surface area contributed by atoms with E-state index in [1.54, 1.807) is 12.4 Å². The van der Waals surface area contributed by atoms with Crippen LogP contribution in [0.4, 0.5) is 17.1 Å². The van der Waals surface area contributed by atoms with Crippen LogP contribution in [0.15, 0.2) is 54.9 Å². The zero-order chi connectivity index (χ0) is 13.2. The lowest BCUT2D eigenvalue weighted by molar-refractivity contribution is 1.36. The largest absolute Gasteiger partial charge is 0.398 e. The first kappa shape index (κ1) is 12.2. The third kappa shape index (κ3) is 2.49. The fourth-order valence-corrected chi connectivity index (χ4v) is 2.37. The Morgan fingerprint density at radius 2 is 1.74 bits per heavy atom. The highest BCUT2D eigenvalue weighted by atomic mass is 127. The summed E-state index contributed by atoms with van der Waals surface area (Å²) < 4.78 is 1.22. The molecule has 94 valence electrons. The predicted octanol–water partition coefficient (Wildman–Crippen LogP) is 4.17. The third-order valence-electron chi connectivity index (χ3n) is 2.98. The van der Waals surface area contributed by atoms with Crippen LogP contribution in [0.5, 0.6) is 0 Å². The van der Waals surface area contributed by atoms with Gasteiger partial charge in [-0.2, -0.15) is 0 Å². The summed E-state index contributed by atoms with van der Waals surface area (Å²) in [4.78, 5) is 4.12. The van der Waals surface area contributed by atoms with Crippen molar-refractivity contribution in [2.45, 2.75) is 0 Å². The van der Waals surface area contributed by atoms with E-state index >= 15 is 0 Å². The van der Waals surface area contributed by atoms with Gasteiger partial charge in [-0.1, -0.05) is 0 Å². The lowest BCUT2D eigenvalue weighted by Crippen LogP contribution is -1.94. The molecule has 0 unspecified atom stereocenters. The molecule has 0 saturated carbocycles. The van der Waals surface area contributed by atoms with Gasteiger partial charge >= 0.3 is 0 Å². The average molecular weight is 361 g/mol. The number of hydrogen-bond acceptors (Lipinski definition) is 3. The average Bonchev–Trinajstić information content (AvgIpc) is 2.45. The quantitative estimate of drug-likeness (QED) is 0.532. The van der Waals surface area contributed by atoms with E-state index in [4.69, 9.17) is 5.73 Å². The zero-order valence-electron chi connectivity index (χ0n) is 10.1. The molecule has 19 heavy (non-hydrogen) atoms. The number of nitrogens with zero attached hydrogens (tertiary/aromatic N) is 1. The zero-order valence-corrected chi connectivity index (χ0v) is 12.3. The number of nitrogen functional groups attached to an aromatic ring is 1. The summed E-state index contributed by atoms with van der Waals surface area (Å²) in [7, 11) is 0. The Kier molecular flexibility index (Phi) is 3.25. The first-order chi connectivity index (χ1) is 9.24. The summed E-state index contributed by atoms with van der Waals surface area (Å²) in [5.74, 6) is 0. The van der Waals surface area contributed by atoms with E-state index in [1.165, 1.54) is 3.57 Å². The Morgan fingerprint density at radius 3 is 2.53 bits per heavy atom. The normalized spacial score (nSPS) is 10.6. The van der Waals surface area contributed by atoms with E-state index < -0.39 is 0 Å². The van der Waals surface area contributed by atoms with Crippen molar-refractivity contribution in [3.63, 3.8) is 0 Å². The number of benzene rings is 2. The van der Waals surface area contributed by atoms with Crippen LogP contribution < -0.4 is 11.1 Å². The number of nitrogens with one attached hydrogen (secondary N) is 1. The molecule has 3 nitrogen and oxygen atoms in total. The third-order valence-corrected chi connectivity index (χ3v) is 3.69. The second-order valence-corrected chi connectivity index (χ2v) is 5.50. The van der Waals surface area contributed by atoms with E-state index in [0.29, 0.717) is 0 Å². The molecule has 0 aliphatic rings. The Bertz CT molecular complexity index is 723.